The molecule has 3 rings (SSSR count). The van der Waals surface area contributed by atoms with E-state index < -0.39 is 5.63 Å². The summed E-state index contributed by atoms with van der Waals surface area (Å²) in [6.07, 6.45) is -0.00117. The fourth-order valence-corrected chi connectivity index (χ4v) is 2.40. The maximum atomic E-state index is 12.5. The molecule has 0 saturated carbocycles. The number of carbonyl (C=O) groups is 1. The fraction of sp³-hybridized carbons (Fsp3) is 0.158. The van der Waals surface area contributed by atoms with Crippen LogP contribution in [0, 0.1) is 0 Å². The number of rotatable bonds is 4. The van der Waals surface area contributed by atoms with Crippen molar-refractivity contribution in [1.29, 1.82) is 0 Å². The van der Waals surface area contributed by atoms with Crippen molar-refractivity contribution < 1.29 is 13.9 Å². The molecule has 5 heteroatoms. The highest BCUT2D eigenvalue weighted by atomic mass is 16.5. The molecule has 0 aliphatic rings. The summed E-state index contributed by atoms with van der Waals surface area (Å²) < 4.78 is 10.8. The number of amides is 1. The van der Waals surface area contributed by atoms with Gasteiger partial charge < -0.3 is 14.5 Å². The Balaban J connectivity index is 2.01. The van der Waals surface area contributed by atoms with Crippen LogP contribution < -0.4 is 15.7 Å². The van der Waals surface area contributed by atoms with Crippen molar-refractivity contribution in [1.82, 2.24) is 0 Å². The van der Waals surface area contributed by atoms with Crippen LogP contribution in [0.5, 0.6) is 5.75 Å². The minimum Gasteiger partial charge on any atom is -0.491 e. The molecule has 0 unspecified atom stereocenters. The first-order valence-corrected chi connectivity index (χ1v) is 7.64. The van der Waals surface area contributed by atoms with Crippen LogP contribution in [0.3, 0.4) is 0 Å². The Kier molecular flexibility index (Phi) is 4.33. The lowest BCUT2D eigenvalue weighted by Gasteiger charge is -2.11. The molecular weight excluding hydrogens is 306 g/mol. The van der Waals surface area contributed by atoms with Gasteiger partial charge in [-0.3, -0.25) is 4.79 Å². The van der Waals surface area contributed by atoms with Gasteiger partial charge in [0.15, 0.2) is 0 Å². The second kappa shape index (κ2) is 6.58. The van der Waals surface area contributed by atoms with Gasteiger partial charge in [0.05, 0.1) is 11.7 Å². The summed E-state index contributed by atoms with van der Waals surface area (Å²) in [4.78, 5) is 24.3. The van der Waals surface area contributed by atoms with Crippen molar-refractivity contribution in [3.8, 4) is 5.75 Å². The maximum Gasteiger partial charge on any atom is 0.337 e. The smallest absolute Gasteiger partial charge is 0.337 e. The number of carbonyl (C=O) groups excluding carboxylic acids is 1. The van der Waals surface area contributed by atoms with Crippen LogP contribution in [-0.2, 0) is 0 Å². The third kappa shape index (κ3) is 3.46. The van der Waals surface area contributed by atoms with Crippen molar-refractivity contribution in [2.45, 2.75) is 20.0 Å². The van der Waals surface area contributed by atoms with Crippen LogP contribution in [-0.4, -0.2) is 12.0 Å². The molecule has 122 valence electrons. The Bertz CT molecular complexity index is 929. The van der Waals surface area contributed by atoms with E-state index in [-0.39, 0.29) is 17.6 Å². The third-order valence-electron chi connectivity index (χ3n) is 3.36. The summed E-state index contributed by atoms with van der Waals surface area (Å²) in [7, 11) is 0. The molecule has 0 aliphatic carbocycles. The Morgan fingerprint density at radius 1 is 1.08 bits per heavy atom. The van der Waals surface area contributed by atoms with Crippen LogP contribution in [0.1, 0.15) is 24.2 Å². The molecule has 0 radical (unpaired) electrons. The van der Waals surface area contributed by atoms with Crippen molar-refractivity contribution >= 4 is 22.6 Å². The lowest BCUT2D eigenvalue weighted by atomic mass is 10.1. The average Bonchev–Trinajstić information content (AvgIpc) is 2.54. The molecule has 1 aromatic heterocycles. The van der Waals surface area contributed by atoms with E-state index in [4.69, 9.17) is 9.15 Å². The van der Waals surface area contributed by atoms with E-state index in [1.807, 2.05) is 32.0 Å². The first kappa shape index (κ1) is 15.8. The number of hydrogen-bond acceptors (Lipinski definition) is 4. The predicted octanol–water partition coefficient (Wildman–Crippen LogP) is 3.83. The monoisotopic (exact) mass is 323 g/mol. The number of nitrogens with one attached hydrogen (secondary N) is 1. The summed E-state index contributed by atoms with van der Waals surface area (Å²) >= 11 is 0. The first-order chi connectivity index (χ1) is 11.5. The number of para-hydroxylation sites is 1. The highest BCUT2D eigenvalue weighted by Crippen LogP contribution is 2.24. The molecule has 0 fully saturated rings. The lowest BCUT2D eigenvalue weighted by molar-refractivity contribution is 0.102. The zero-order valence-corrected chi connectivity index (χ0v) is 13.4. The van der Waals surface area contributed by atoms with Gasteiger partial charge in [-0.05, 0) is 38.1 Å². The molecule has 3 aromatic rings. The van der Waals surface area contributed by atoms with Crippen LogP contribution in [0.2, 0.25) is 0 Å². The Morgan fingerprint density at radius 3 is 2.54 bits per heavy atom. The van der Waals surface area contributed by atoms with Gasteiger partial charge in [-0.1, -0.05) is 18.2 Å². The molecule has 0 saturated heterocycles. The first-order valence-electron chi connectivity index (χ1n) is 7.64. The summed E-state index contributed by atoms with van der Waals surface area (Å²) in [5.41, 5.74) is 0.658. The fourth-order valence-electron chi connectivity index (χ4n) is 2.40. The number of anilines is 1. The van der Waals surface area contributed by atoms with Gasteiger partial charge in [-0.2, -0.15) is 0 Å². The van der Waals surface area contributed by atoms with E-state index >= 15 is 0 Å². The molecule has 1 amide bonds. The van der Waals surface area contributed by atoms with E-state index in [1.54, 1.807) is 30.3 Å². The molecule has 24 heavy (non-hydrogen) atoms. The zero-order chi connectivity index (χ0) is 17.1. The number of benzene rings is 2. The summed E-state index contributed by atoms with van der Waals surface area (Å²) in [6.45, 7) is 3.81. The molecule has 0 bridgehead atoms. The second-order valence-electron chi connectivity index (χ2n) is 5.62. The summed E-state index contributed by atoms with van der Waals surface area (Å²) in [6, 6.07) is 15.3. The predicted molar refractivity (Wildman–Crippen MR) is 92.6 cm³/mol. The van der Waals surface area contributed by atoms with Crippen LogP contribution >= 0.6 is 0 Å². The molecule has 2 aromatic carbocycles. The topological polar surface area (TPSA) is 68.5 Å². The van der Waals surface area contributed by atoms with E-state index in [2.05, 4.69) is 5.32 Å². The Morgan fingerprint density at radius 2 is 1.83 bits per heavy atom. The van der Waals surface area contributed by atoms with Gasteiger partial charge in [-0.15, -0.1) is 0 Å². The quantitative estimate of drug-likeness (QED) is 0.741. The standard InChI is InChI=1S/C19H17NO4/c1-12(2)23-14-8-9-15-16(11-18(21)24-17(15)10-14)19(22)20-13-6-4-3-5-7-13/h3-12H,1-2H3,(H,20,22). The largest absolute Gasteiger partial charge is 0.491 e. The molecular formula is C19H17NO4. The van der Waals surface area contributed by atoms with Crippen molar-refractivity contribution in [3.63, 3.8) is 0 Å². The van der Waals surface area contributed by atoms with Crippen molar-refractivity contribution in [2.24, 2.45) is 0 Å². The van der Waals surface area contributed by atoms with Crippen LogP contribution in [0.15, 0.2) is 63.8 Å². The van der Waals surface area contributed by atoms with E-state index in [1.165, 1.54) is 6.07 Å². The van der Waals surface area contributed by atoms with Gasteiger partial charge in [0.25, 0.3) is 5.91 Å². The molecule has 1 N–H and O–H groups in total. The number of fused-ring (bicyclic) bond motifs is 1. The second-order valence-corrected chi connectivity index (χ2v) is 5.62. The minimum absolute atomic E-state index is 0.00117. The van der Waals surface area contributed by atoms with E-state index in [0.717, 1.165) is 0 Å². The summed E-state index contributed by atoms with van der Waals surface area (Å²) in [5, 5.41) is 3.33. The SMILES string of the molecule is CC(C)Oc1ccc2c(C(=O)Nc3ccccc3)cc(=O)oc2c1. The molecule has 0 aliphatic heterocycles. The maximum absolute atomic E-state index is 12.5. The van der Waals surface area contributed by atoms with Crippen molar-refractivity contribution in [3.05, 3.63) is 70.6 Å². The van der Waals surface area contributed by atoms with Gasteiger partial charge in [0.1, 0.15) is 11.3 Å². The third-order valence-corrected chi connectivity index (χ3v) is 3.36. The Labute approximate surface area is 138 Å². The highest BCUT2D eigenvalue weighted by Gasteiger charge is 2.14. The molecule has 1 heterocycles. The average molecular weight is 323 g/mol. The van der Waals surface area contributed by atoms with E-state index in [0.29, 0.717) is 22.4 Å². The Hall–Kier alpha value is -3.08. The number of hydrogen-bond donors (Lipinski definition) is 1. The summed E-state index contributed by atoms with van der Waals surface area (Å²) in [5.74, 6) is 0.220. The van der Waals surface area contributed by atoms with Gasteiger partial charge in [0, 0.05) is 23.2 Å². The van der Waals surface area contributed by atoms with Gasteiger partial charge >= 0.3 is 5.63 Å². The van der Waals surface area contributed by atoms with Gasteiger partial charge in [0.2, 0.25) is 0 Å². The van der Waals surface area contributed by atoms with Crippen LogP contribution in [0.25, 0.3) is 11.0 Å². The van der Waals surface area contributed by atoms with Gasteiger partial charge in [-0.25, -0.2) is 4.79 Å². The molecule has 0 spiro atoms. The molecule has 0 atom stereocenters. The van der Waals surface area contributed by atoms with E-state index in [9.17, 15) is 9.59 Å². The van der Waals surface area contributed by atoms with Crippen molar-refractivity contribution in [2.75, 3.05) is 5.32 Å². The minimum atomic E-state index is -0.581. The van der Waals surface area contributed by atoms with Crippen LogP contribution in [0.4, 0.5) is 5.69 Å². The lowest BCUT2D eigenvalue weighted by Crippen LogP contribution is -2.15. The number of ether oxygens (including phenoxy) is 1. The zero-order valence-electron chi connectivity index (χ0n) is 13.4. The normalized spacial score (nSPS) is 10.8. The molecule has 5 nitrogen and oxygen atoms in total. The highest BCUT2D eigenvalue weighted by molar-refractivity contribution is 6.12.